The Morgan fingerprint density at radius 1 is 1.27 bits per heavy atom. The van der Waals surface area contributed by atoms with Crippen LogP contribution in [0.1, 0.15) is 16.0 Å². The maximum absolute atomic E-state index is 11.0. The molecular weight excluding hydrogens is 470 g/mol. The minimum atomic E-state index is -0.513. The second kappa shape index (κ2) is 6.96. The SMILES string of the molecule is Cc1sc2ncn3nc(-c4cccc(Cn5cc(Br)c([N+](=O)[O-])n5)c4)nc3c2c1C. The Kier molecular flexibility index (Phi) is 4.36. The molecule has 30 heavy (non-hydrogen) atoms. The average Bonchev–Trinajstić information content (AvgIpc) is 3.38. The van der Waals surface area contributed by atoms with Crippen molar-refractivity contribution in [2.45, 2.75) is 20.4 Å². The molecule has 0 saturated heterocycles. The number of benzene rings is 1. The fourth-order valence-electron chi connectivity index (χ4n) is 3.35. The van der Waals surface area contributed by atoms with Gasteiger partial charge in [0.25, 0.3) is 0 Å². The maximum Gasteiger partial charge on any atom is 0.404 e. The molecule has 0 unspecified atom stereocenters. The van der Waals surface area contributed by atoms with E-state index in [0.717, 1.165) is 27.0 Å². The van der Waals surface area contributed by atoms with Gasteiger partial charge < -0.3 is 10.1 Å². The van der Waals surface area contributed by atoms with Crippen molar-refractivity contribution in [3.8, 4) is 11.4 Å². The molecule has 4 heterocycles. The molecule has 0 radical (unpaired) electrons. The number of nitrogens with zero attached hydrogens (tertiary/aromatic N) is 7. The van der Waals surface area contributed by atoms with E-state index in [-0.39, 0.29) is 5.82 Å². The molecule has 0 aliphatic carbocycles. The predicted molar refractivity (Wildman–Crippen MR) is 117 cm³/mol. The van der Waals surface area contributed by atoms with Crippen molar-refractivity contribution in [3.63, 3.8) is 0 Å². The first-order valence-corrected chi connectivity index (χ1v) is 10.6. The van der Waals surface area contributed by atoms with Crippen LogP contribution in [0.3, 0.4) is 0 Å². The summed E-state index contributed by atoms with van der Waals surface area (Å²) in [6.45, 7) is 4.55. The highest BCUT2D eigenvalue weighted by Gasteiger charge is 2.19. The largest absolute Gasteiger partial charge is 0.404 e. The van der Waals surface area contributed by atoms with E-state index < -0.39 is 4.92 Å². The van der Waals surface area contributed by atoms with Gasteiger partial charge in [-0.05, 0) is 51.9 Å². The summed E-state index contributed by atoms with van der Waals surface area (Å²) in [5.74, 6) is 0.396. The first-order valence-electron chi connectivity index (χ1n) is 8.98. The molecule has 0 fully saturated rings. The van der Waals surface area contributed by atoms with Gasteiger partial charge in [0.05, 0.1) is 23.2 Å². The molecule has 0 spiro atoms. The molecule has 0 saturated carbocycles. The van der Waals surface area contributed by atoms with Crippen LogP contribution in [0.15, 0.2) is 41.3 Å². The fraction of sp³-hybridized carbons (Fsp3) is 0.158. The number of nitro groups is 1. The number of fused-ring (bicyclic) bond motifs is 3. The molecule has 0 bridgehead atoms. The number of aryl methyl sites for hydroxylation is 2. The highest BCUT2D eigenvalue weighted by molar-refractivity contribution is 9.10. The predicted octanol–water partition coefficient (Wildman–Crippen LogP) is 4.54. The van der Waals surface area contributed by atoms with E-state index in [9.17, 15) is 10.1 Å². The molecule has 1 aromatic carbocycles. The third-order valence-electron chi connectivity index (χ3n) is 4.91. The van der Waals surface area contributed by atoms with Crippen LogP contribution in [0, 0.1) is 24.0 Å². The lowest BCUT2D eigenvalue weighted by molar-refractivity contribution is -0.390. The van der Waals surface area contributed by atoms with Crippen LogP contribution in [0.5, 0.6) is 0 Å². The minimum Gasteiger partial charge on any atom is -0.358 e. The Balaban J connectivity index is 1.53. The summed E-state index contributed by atoms with van der Waals surface area (Å²) < 4.78 is 3.59. The lowest BCUT2D eigenvalue weighted by atomic mass is 10.1. The van der Waals surface area contributed by atoms with Crippen LogP contribution < -0.4 is 0 Å². The maximum atomic E-state index is 11.0. The third kappa shape index (κ3) is 3.06. The molecule has 5 rings (SSSR count). The Morgan fingerprint density at radius 3 is 2.87 bits per heavy atom. The van der Waals surface area contributed by atoms with Crippen molar-refractivity contribution >= 4 is 48.9 Å². The second-order valence-corrected chi connectivity index (χ2v) is 8.92. The summed E-state index contributed by atoms with van der Waals surface area (Å²) >= 11 is 4.83. The summed E-state index contributed by atoms with van der Waals surface area (Å²) in [6.07, 6.45) is 3.28. The Hall–Kier alpha value is -3.18. The lowest BCUT2D eigenvalue weighted by Crippen LogP contribution is -2.01. The van der Waals surface area contributed by atoms with Gasteiger partial charge in [-0.1, -0.05) is 18.2 Å². The number of halogens is 1. The van der Waals surface area contributed by atoms with Crippen molar-refractivity contribution in [1.29, 1.82) is 0 Å². The molecule has 11 heteroatoms. The second-order valence-electron chi connectivity index (χ2n) is 6.87. The number of rotatable bonds is 4. The van der Waals surface area contributed by atoms with Crippen LogP contribution in [-0.4, -0.2) is 34.3 Å². The van der Waals surface area contributed by atoms with Crippen LogP contribution in [0.25, 0.3) is 27.3 Å². The van der Waals surface area contributed by atoms with Gasteiger partial charge in [-0.25, -0.2) is 14.5 Å². The summed E-state index contributed by atoms with van der Waals surface area (Å²) in [5, 5.41) is 20.7. The highest BCUT2D eigenvalue weighted by Crippen LogP contribution is 2.31. The Morgan fingerprint density at radius 2 is 2.10 bits per heavy atom. The zero-order valence-electron chi connectivity index (χ0n) is 15.9. The van der Waals surface area contributed by atoms with Crippen molar-refractivity contribution in [2.75, 3.05) is 0 Å². The van der Waals surface area contributed by atoms with E-state index in [0.29, 0.717) is 16.8 Å². The van der Waals surface area contributed by atoms with Crippen molar-refractivity contribution < 1.29 is 4.92 Å². The number of hydrogen-bond acceptors (Lipinski definition) is 7. The standard InChI is InChI=1S/C19H14BrN7O2S/c1-10-11(2)30-19-15(10)18-22-16(23-26(18)9-21-19)13-5-3-4-12(6-13)7-25-8-14(20)17(24-25)27(28)29/h3-6,8-9H,7H2,1-2H3. The number of thiophene rings is 1. The van der Waals surface area contributed by atoms with Crippen LogP contribution in [-0.2, 0) is 6.54 Å². The third-order valence-corrected chi connectivity index (χ3v) is 6.58. The van der Waals surface area contributed by atoms with Gasteiger partial charge >= 0.3 is 5.82 Å². The van der Waals surface area contributed by atoms with E-state index in [1.54, 1.807) is 28.4 Å². The highest BCUT2D eigenvalue weighted by atomic mass is 79.9. The first kappa shape index (κ1) is 18.8. The molecule has 150 valence electrons. The van der Waals surface area contributed by atoms with Crippen molar-refractivity contribution in [3.05, 3.63) is 67.4 Å². The summed E-state index contributed by atoms with van der Waals surface area (Å²) in [5.41, 5.74) is 3.75. The summed E-state index contributed by atoms with van der Waals surface area (Å²) in [4.78, 5) is 21.9. The lowest BCUT2D eigenvalue weighted by Gasteiger charge is -2.01. The van der Waals surface area contributed by atoms with Gasteiger partial charge in [0, 0.05) is 10.4 Å². The topological polar surface area (TPSA) is 104 Å². The van der Waals surface area contributed by atoms with Gasteiger partial charge in [-0.15, -0.1) is 16.4 Å². The number of hydrogen-bond donors (Lipinski definition) is 0. The van der Waals surface area contributed by atoms with Gasteiger partial charge in [0.15, 0.2) is 11.5 Å². The summed E-state index contributed by atoms with van der Waals surface area (Å²) in [7, 11) is 0. The molecule has 0 amide bonds. The molecule has 9 nitrogen and oxygen atoms in total. The van der Waals surface area contributed by atoms with Crippen LogP contribution in [0.2, 0.25) is 0 Å². The van der Waals surface area contributed by atoms with E-state index in [1.165, 1.54) is 15.1 Å². The minimum absolute atomic E-state index is 0.203. The van der Waals surface area contributed by atoms with E-state index in [4.69, 9.17) is 4.98 Å². The zero-order chi connectivity index (χ0) is 21.0. The molecule has 4 aromatic heterocycles. The quantitative estimate of drug-likeness (QED) is 0.274. The molecule has 0 atom stereocenters. The van der Waals surface area contributed by atoms with Gasteiger partial charge in [0.2, 0.25) is 0 Å². The Labute approximate surface area is 182 Å². The van der Waals surface area contributed by atoms with E-state index in [2.05, 4.69) is 45.0 Å². The van der Waals surface area contributed by atoms with Gasteiger partial charge in [0.1, 0.15) is 15.6 Å². The first-order chi connectivity index (χ1) is 14.4. The summed E-state index contributed by atoms with van der Waals surface area (Å²) in [6, 6.07) is 7.76. The normalized spacial score (nSPS) is 11.6. The van der Waals surface area contributed by atoms with Crippen LogP contribution in [0.4, 0.5) is 5.82 Å². The smallest absolute Gasteiger partial charge is 0.358 e. The van der Waals surface area contributed by atoms with Gasteiger partial charge in [-0.2, -0.15) is 4.68 Å². The van der Waals surface area contributed by atoms with E-state index >= 15 is 0 Å². The molecule has 0 N–H and O–H groups in total. The van der Waals surface area contributed by atoms with Crippen molar-refractivity contribution in [2.24, 2.45) is 0 Å². The Bertz CT molecular complexity index is 1450. The fourth-order valence-corrected chi connectivity index (χ4v) is 4.81. The van der Waals surface area contributed by atoms with Crippen LogP contribution >= 0.6 is 27.3 Å². The number of aromatic nitrogens is 6. The molecule has 0 aliphatic heterocycles. The molecule has 5 aromatic rings. The molecule has 0 aliphatic rings. The molecular formula is C19H14BrN7O2S. The average molecular weight is 484 g/mol. The van der Waals surface area contributed by atoms with E-state index in [1.807, 2.05) is 24.3 Å². The van der Waals surface area contributed by atoms with Crippen molar-refractivity contribution in [1.82, 2.24) is 29.4 Å². The zero-order valence-corrected chi connectivity index (χ0v) is 18.3. The van der Waals surface area contributed by atoms with Gasteiger partial charge in [-0.3, -0.25) is 0 Å². The monoisotopic (exact) mass is 483 g/mol.